The Hall–Kier alpha value is -3.97. The monoisotopic (exact) mass is 432 g/mol. The number of phenolic OH excluding ortho intramolecular Hbond substituents is 1. The number of pyridine rings is 2. The van der Waals surface area contributed by atoms with Crippen molar-refractivity contribution in [2.75, 3.05) is 7.11 Å². The molecule has 2 aromatic carbocycles. The van der Waals surface area contributed by atoms with Crippen LogP contribution < -0.4 is 10.2 Å². The van der Waals surface area contributed by atoms with E-state index in [-0.39, 0.29) is 22.4 Å². The Morgan fingerprint density at radius 3 is 2.71 bits per heavy atom. The lowest BCUT2D eigenvalue weighted by atomic mass is 10.0. The van der Waals surface area contributed by atoms with Gasteiger partial charge in [0, 0.05) is 23.3 Å². The Morgan fingerprint density at radius 2 is 1.94 bits per heavy atom. The molecule has 0 aliphatic rings. The molecule has 8 heteroatoms. The molecule has 0 saturated heterocycles. The van der Waals surface area contributed by atoms with Crippen LogP contribution in [0.4, 0.5) is 0 Å². The Kier molecular flexibility index (Phi) is 5.77. The normalized spacial score (nSPS) is 11.0. The third-order valence-electron chi connectivity index (χ3n) is 4.59. The van der Waals surface area contributed by atoms with Crippen LogP contribution in [0.5, 0.6) is 11.5 Å². The van der Waals surface area contributed by atoms with Crippen LogP contribution in [0.2, 0.25) is 5.02 Å². The number of methoxy groups -OCH3 is 1. The molecule has 0 atom stereocenters. The fourth-order valence-corrected chi connectivity index (χ4v) is 3.30. The predicted molar refractivity (Wildman–Crippen MR) is 120 cm³/mol. The number of carbonyl (C=O) groups is 1. The average Bonchev–Trinajstić information content (AvgIpc) is 2.81. The number of hydrogen-bond acceptors (Lipinski definition) is 6. The van der Waals surface area contributed by atoms with Crippen molar-refractivity contribution in [1.29, 1.82) is 0 Å². The number of hydrazone groups is 1. The largest absolute Gasteiger partial charge is 0.503 e. The molecule has 0 unspecified atom stereocenters. The molecule has 0 aliphatic carbocycles. The summed E-state index contributed by atoms with van der Waals surface area (Å²) in [6, 6.07) is 15.9. The number of carbonyl (C=O) groups excluding carboxylic acids is 1. The van der Waals surface area contributed by atoms with Crippen molar-refractivity contribution >= 4 is 34.6 Å². The molecule has 1 amide bonds. The van der Waals surface area contributed by atoms with E-state index in [1.165, 1.54) is 19.4 Å². The molecule has 0 fully saturated rings. The lowest BCUT2D eigenvalue weighted by Gasteiger charge is -2.09. The average molecular weight is 433 g/mol. The summed E-state index contributed by atoms with van der Waals surface area (Å²) in [5.74, 6) is -0.332. The summed E-state index contributed by atoms with van der Waals surface area (Å²) in [5.41, 5.74) is 5.73. The minimum atomic E-state index is -0.387. The topological polar surface area (TPSA) is 96.7 Å². The highest BCUT2D eigenvalue weighted by atomic mass is 35.5. The number of halogens is 1. The number of phenols is 1. The Bertz CT molecular complexity index is 1290. The first-order valence-electron chi connectivity index (χ1n) is 9.27. The second-order valence-corrected chi connectivity index (χ2v) is 6.97. The van der Waals surface area contributed by atoms with Crippen molar-refractivity contribution < 1.29 is 14.6 Å². The number of benzene rings is 2. The van der Waals surface area contributed by atoms with E-state index in [9.17, 15) is 9.90 Å². The quantitative estimate of drug-likeness (QED) is 0.359. The number of ether oxygens (including phenoxy) is 1. The summed E-state index contributed by atoms with van der Waals surface area (Å²) in [6.45, 7) is 0. The van der Waals surface area contributed by atoms with E-state index in [2.05, 4.69) is 20.5 Å². The predicted octanol–water partition coefficient (Wildman–Crippen LogP) is 4.43. The lowest BCUT2D eigenvalue weighted by Crippen LogP contribution is -2.18. The number of nitrogens with zero attached hydrogens (tertiary/aromatic N) is 3. The summed E-state index contributed by atoms with van der Waals surface area (Å²) >= 11 is 5.99. The summed E-state index contributed by atoms with van der Waals surface area (Å²) in [4.78, 5) is 21.6. The van der Waals surface area contributed by atoms with Gasteiger partial charge in [0.05, 0.1) is 35.1 Å². The number of fused-ring (bicyclic) bond motifs is 1. The minimum absolute atomic E-state index is 0.120. The van der Waals surface area contributed by atoms with Crippen molar-refractivity contribution in [3.8, 4) is 22.8 Å². The van der Waals surface area contributed by atoms with Gasteiger partial charge in [0.1, 0.15) is 0 Å². The van der Waals surface area contributed by atoms with Crippen LogP contribution in [0.3, 0.4) is 0 Å². The molecule has 0 saturated carbocycles. The summed E-state index contributed by atoms with van der Waals surface area (Å²) in [7, 11) is 1.42. The summed E-state index contributed by atoms with van der Waals surface area (Å²) in [5, 5.41) is 14.7. The van der Waals surface area contributed by atoms with Crippen LogP contribution in [0.1, 0.15) is 15.9 Å². The van der Waals surface area contributed by atoms with E-state index in [0.29, 0.717) is 27.7 Å². The number of hydrogen-bond donors (Lipinski definition) is 2. The fraction of sp³-hybridized carbons (Fsp3) is 0.0435. The van der Waals surface area contributed by atoms with Gasteiger partial charge in [0.25, 0.3) is 5.91 Å². The maximum atomic E-state index is 12.9. The molecule has 31 heavy (non-hydrogen) atoms. The second kappa shape index (κ2) is 8.81. The molecule has 2 heterocycles. The van der Waals surface area contributed by atoms with Crippen molar-refractivity contribution in [1.82, 2.24) is 15.4 Å². The molecule has 4 aromatic rings. The van der Waals surface area contributed by atoms with E-state index in [1.54, 1.807) is 24.5 Å². The maximum Gasteiger partial charge on any atom is 0.272 e. The van der Waals surface area contributed by atoms with Gasteiger partial charge in [0.2, 0.25) is 0 Å². The molecule has 0 radical (unpaired) electrons. The van der Waals surface area contributed by atoms with Gasteiger partial charge in [-0.2, -0.15) is 5.10 Å². The van der Waals surface area contributed by atoms with Crippen molar-refractivity contribution in [2.24, 2.45) is 5.10 Å². The number of nitrogens with one attached hydrogen (secondary N) is 1. The number of amides is 1. The van der Waals surface area contributed by atoms with Gasteiger partial charge in [-0.3, -0.25) is 9.78 Å². The smallest absolute Gasteiger partial charge is 0.272 e. The molecule has 7 nitrogen and oxygen atoms in total. The molecule has 0 bridgehead atoms. The van der Waals surface area contributed by atoms with E-state index in [0.717, 1.165) is 5.56 Å². The van der Waals surface area contributed by atoms with Gasteiger partial charge in [-0.05, 0) is 42.0 Å². The zero-order valence-electron chi connectivity index (χ0n) is 16.4. The van der Waals surface area contributed by atoms with Crippen LogP contribution in [0.15, 0.2) is 72.1 Å². The van der Waals surface area contributed by atoms with Crippen LogP contribution in [0, 0.1) is 0 Å². The van der Waals surface area contributed by atoms with Crippen molar-refractivity contribution in [3.63, 3.8) is 0 Å². The Morgan fingerprint density at radius 1 is 1.16 bits per heavy atom. The van der Waals surface area contributed by atoms with Gasteiger partial charge in [-0.15, -0.1) is 0 Å². The van der Waals surface area contributed by atoms with Gasteiger partial charge in [-0.1, -0.05) is 29.8 Å². The van der Waals surface area contributed by atoms with E-state index >= 15 is 0 Å². The molecule has 2 N–H and O–H groups in total. The molecule has 4 rings (SSSR count). The number of para-hydroxylation sites is 1. The third-order valence-corrected chi connectivity index (χ3v) is 4.88. The number of aromatic hydroxyl groups is 1. The number of aromatic nitrogens is 2. The molecule has 0 spiro atoms. The van der Waals surface area contributed by atoms with E-state index in [1.807, 2.05) is 36.4 Å². The number of rotatable bonds is 5. The highest BCUT2D eigenvalue weighted by molar-refractivity contribution is 6.32. The molecule has 2 aromatic heterocycles. The van der Waals surface area contributed by atoms with Crippen LogP contribution in [0.25, 0.3) is 22.2 Å². The molecule has 154 valence electrons. The SMILES string of the molecule is COc1cc(/C=N/NC(=O)c2cc(-c3ccncc3)nc3ccccc23)cc(Cl)c1O. The molecule has 0 aliphatic heterocycles. The summed E-state index contributed by atoms with van der Waals surface area (Å²) < 4.78 is 5.07. The first-order chi connectivity index (χ1) is 15.1. The summed E-state index contributed by atoms with van der Waals surface area (Å²) in [6.07, 6.45) is 4.76. The Labute approximate surface area is 183 Å². The van der Waals surface area contributed by atoms with Gasteiger partial charge >= 0.3 is 0 Å². The molecular weight excluding hydrogens is 416 g/mol. The zero-order valence-corrected chi connectivity index (χ0v) is 17.2. The third kappa shape index (κ3) is 4.31. The first-order valence-corrected chi connectivity index (χ1v) is 9.64. The standard InChI is InChI=1S/C23H17ClN4O3/c1-31-21-11-14(10-18(24)22(21)29)13-26-28-23(30)17-12-20(15-6-8-25-9-7-15)27-19-5-3-2-4-16(17)19/h2-13,29H,1H3,(H,28,30)/b26-13+. The fourth-order valence-electron chi connectivity index (χ4n) is 3.08. The maximum absolute atomic E-state index is 12.9. The van der Waals surface area contributed by atoms with Crippen LogP contribution >= 0.6 is 11.6 Å². The van der Waals surface area contributed by atoms with Gasteiger partial charge in [0.15, 0.2) is 11.5 Å². The van der Waals surface area contributed by atoms with E-state index < -0.39 is 0 Å². The highest BCUT2D eigenvalue weighted by Gasteiger charge is 2.14. The van der Waals surface area contributed by atoms with Crippen LogP contribution in [-0.4, -0.2) is 34.3 Å². The van der Waals surface area contributed by atoms with E-state index in [4.69, 9.17) is 16.3 Å². The second-order valence-electron chi connectivity index (χ2n) is 6.56. The van der Waals surface area contributed by atoms with Crippen molar-refractivity contribution in [3.05, 3.63) is 83.1 Å². The first kappa shape index (κ1) is 20.3. The van der Waals surface area contributed by atoms with Crippen LogP contribution in [-0.2, 0) is 0 Å². The van der Waals surface area contributed by atoms with Gasteiger partial charge in [-0.25, -0.2) is 10.4 Å². The lowest BCUT2D eigenvalue weighted by molar-refractivity contribution is 0.0956. The Balaban J connectivity index is 1.65. The van der Waals surface area contributed by atoms with Crippen molar-refractivity contribution in [2.45, 2.75) is 0 Å². The van der Waals surface area contributed by atoms with Gasteiger partial charge < -0.3 is 9.84 Å². The minimum Gasteiger partial charge on any atom is -0.503 e. The highest BCUT2D eigenvalue weighted by Crippen LogP contribution is 2.34. The molecular formula is C23H17ClN4O3. The zero-order chi connectivity index (χ0) is 21.8.